The van der Waals surface area contributed by atoms with Crippen molar-refractivity contribution in [3.8, 4) is 0 Å². The number of rotatable bonds is 6. The van der Waals surface area contributed by atoms with E-state index < -0.39 is 0 Å². The molecule has 2 N–H and O–H groups in total. The molecule has 21 heavy (non-hydrogen) atoms. The highest BCUT2D eigenvalue weighted by molar-refractivity contribution is 5.58. The highest BCUT2D eigenvalue weighted by Gasteiger charge is 2.29. The van der Waals surface area contributed by atoms with Crippen LogP contribution in [0.2, 0.25) is 0 Å². The average molecular weight is 290 g/mol. The Bertz CT molecular complexity index is 501. The highest BCUT2D eigenvalue weighted by atomic mass is 16.5. The van der Waals surface area contributed by atoms with E-state index in [1.54, 1.807) is 7.11 Å². The van der Waals surface area contributed by atoms with Crippen molar-refractivity contribution >= 4 is 11.6 Å². The Balaban J connectivity index is 1.79. The van der Waals surface area contributed by atoms with E-state index in [2.05, 4.69) is 24.5 Å². The molecule has 0 spiro atoms. The number of nitrogens with one attached hydrogen (secondary N) is 2. The van der Waals surface area contributed by atoms with Gasteiger partial charge in [-0.25, -0.2) is 9.97 Å². The second-order valence-corrected chi connectivity index (χ2v) is 6.22. The Morgan fingerprint density at radius 3 is 2.52 bits per heavy atom. The number of anilines is 2. The lowest BCUT2D eigenvalue weighted by molar-refractivity contribution is 0.108. The van der Waals surface area contributed by atoms with Gasteiger partial charge in [-0.2, -0.15) is 0 Å². The predicted molar refractivity (Wildman–Crippen MR) is 85.0 cm³/mol. The molecule has 1 aromatic heterocycles. The van der Waals surface area contributed by atoms with Crippen molar-refractivity contribution < 1.29 is 4.74 Å². The quantitative estimate of drug-likeness (QED) is 0.843. The van der Waals surface area contributed by atoms with Crippen molar-refractivity contribution in [1.29, 1.82) is 0 Å². The topological polar surface area (TPSA) is 59.1 Å². The number of nitrogens with zero attached hydrogens (tertiary/aromatic N) is 2. The van der Waals surface area contributed by atoms with Crippen molar-refractivity contribution in [3.63, 3.8) is 0 Å². The number of aromatic nitrogens is 2. The van der Waals surface area contributed by atoms with Gasteiger partial charge in [0.15, 0.2) is 0 Å². The fourth-order valence-corrected chi connectivity index (χ4v) is 3.02. The summed E-state index contributed by atoms with van der Waals surface area (Å²) >= 11 is 0. The minimum Gasteiger partial charge on any atom is -0.381 e. The molecule has 5 heteroatoms. The van der Waals surface area contributed by atoms with Crippen LogP contribution in [-0.4, -0.2) is 35.8 Å². The lowest BCUT2D eigenvalue weighted by atomic mass is 10.2. The summed E-state index contributed by atoms with van der Waals surface area (Å²) in [6.07, 6.45) is 6.19. The standard InChI is InChI=1S/C16H26N4O/c1-4-17-14-10(2)15(20-16(19-14)11-5-6-11)18-12-7-8-13(9-12)21-3/h11-13H,4-9H2,1-3H3,(H2,17,18,19,20). The Hall–Kier alpha value is -1.36. The normalized spacial score (nSPS) is 25.1. The minimum atomic E-state index is 0.390. The van der Waals surface area contributed by atoms with Crippen molar-refractivity contribution in [2.75, 3.05) is 24.3 Å². The molecule has 2 fully saturated rings. The molecule has 1 aromatic rings. The molecule has 2 unspecified atom stereocenters. The van der Waals surface area contributed by atoms with Crippen LogP contribution in [0.15, 0.2) is 0 Å². The highest BCUT2D eigenvalue weighted by Crippen LogP contribution is 2.40. The van der Waals surface area contributed by atoms with Gasteiger partial charge in [-0.15, -0.1) is 0 Å². The molecule has 0 radical (unpaired) electrons. The van der Waals surface area contributed by atoms with Crippen LogP contribution in [0.5, 0.6) is 0 Å². The van der Waals surface area contributed by atoms with Gasteiger partial charge < -0.3 is 15.4 Å². The van der Waals surface area contributed by atoms with Gasteiger partial charge in [0.2, 0.25) is 0 Å². The molecule has 2 aliphatic rings. The first-order chi connectivity index (χ1) is 10.2. The van der Waals surface area contributed by atoms with E-state index in [0.717, 1.165) is 48.8 Å². The van der Waals surface area contributed by atoms with Gasteiger partial charge in [0.05, 0.1) is 6.10 Å². The summed E-state index contributed by atoms with van der Waals surface area (Å²) in [5.74, 6) is 3.56. The molecule has 0 bridgehead atoms. The SMILES string of the molecule is CCNc1nc(C2CC2)nc(NC2CCC(OC)C2)c1C. The molecule has 0 saturated heterocycles. The monoisotopic (exact) mass is 290 g/mol. The Morgan fingerprint density at radius 2 is 1.90 bits per heavy atom. The van der Waals surface area contributed by atoms with Crippen LogP contribution >= 0.6 is 0 Å². The van der Waals surface area contributed by atoms with E-state index in [1.165, 1.54) is 12.8 Å². The largest absolute Gasteiger partial charge is 0.381 e. The van der Waals surface area contributed by atoms with Crippen molar-refractivity contribution in [2.24, 2.45) is 0 Å². The molecule has 1 heterocycles. The molecule has 0 aliphatic heterocycles. The maximum Gasteiger partial charge on any atom is 0.136 e. The van der Waals surface area contributed by atoms with Crippen molar-refractivity contribution in [1.82, 2.24) is 9.97 Å². The fraction of sp³-hybridized carbons (Fsp3) is 0.750. The van der Waals surface area contributed by atoms with E-state index in [1.807, 2.05) is 0 Å². The Kier molecular flexibility index (Phi) is 4.29. The molecule has 2 atom stereocenters. The van der Waals surface area contributed by atoms with Crippen LogP contribution in [0.3, 0.4) is 0 Å². The molecule has 0 amide bonds. The van der Waals surface area contributed by atoms with Crippen LogP contribution < -0.4 is 10.6 Å². The molecule has 116 valence electrons. The summed E-state index contributed by atoms with van der Waals surface area (Å²) in [6, 6.07) is 0.463. The first-order valence-corrected chi connectivity index (χ1v) is 8.13. The van der Waals surface area contributed by atoms with Crippen molar-refractivity contribution in [3.05, 3.63) is 11.4 Å². The second-order valence-electron chi connectivity index (χ2n) is 6.22. The molecule has 2 aliphatic carbocycles. The minimum absolute atomic E-state index is 0.390. The van der Waals surface area contributed by atoms with Crippen LogP contribution in [0.4, 0.5) is 11.6 Å². The summed E-state index contributed by atoms with van der Waals surface area (Å²) in [7, 11) is 1.80. The number of ether oxygens (including phenoxy) is 1. The maximum atomic E-state index is 5.46. The summed E-state index contributed by atoms with van der Waals surface area (Å²) in [5, 5.41) is 6.99. The third-order valence-corrected chi connectivity index (χ3v) is 4.51. The lowest BCUT2D eigenvalue weighted by Crippen LogP contribution is -2.20. The summed E-state index contributed by atoms with van der Waals surface area (Å²) < 4.78 is 5.46. The molecule has 3 rings (SSSR count). The molecule has 0 aromatic carbocycles. The van der Waals surface area contributed by atoms with Crippen LogP contribution in [0.1, 0.15) is 56.3 Å². The predicted octanol–water partition coefficient (Wildman–Crippen LogP) is 3.07. The van der Waals surface area contributed by atoms with Crippen LogP contribution in [0, 0.1) is 6.92 Å². The van der Waals surface area contributed by atoms with E-state index in [-0.39, 0.29) is 0 Å². The van der Waals surface area contributed by atoms with Crippen molar-refractivity contribution in [2.45, 2.75) is 64.0 Å². The summed E-state index contributed by atoms with van der Waals surface area (Å²) in [5.41, 5.74) is 1.13. The van der Waals surface area contributed by atoms with Gasteiger partial charge in [0.1, 0.15) is 17.5 Å². The zero-order valence-corrected chi connectivity index (χ0v) is 13.3. The summed E-state index contributed by atoms with van der Waals surface area (Å²) in [6.45, 7) is 5.09. The van der Waals surface area contributed by atoms with E-state index in [0.29, 0.717) is 18.1 Å². The Labute approximate surface area is 126 Å². The maximum absolute atomic E-state index is 5.46. The Morgan fingerprint density at radius 1 is 1.14 bits per heavy atom. The third-order valence-electron chi connectivity index (χ3n) is 4.51. The van der Waals surface area contributed by atoms with Gasteiger partial charge >= 0.3 is 0 Å². The third kappa shape index (κ3) is 3.28. The second kappa shape index (κ2) is 6.18. The zero-order valence-electron chi connectivity index (χ0n) is 13.3. The average Bonchev–Trinajstić information content (AvgIpc) is 3.23. The number of hydrogen-bond donors (Lipinski definition) is 2. The molecule has 5 nitrogen and oxygen atoms in total. The van der Waals surface area contributed by atoms with Gasteiger partial charge in [-0.3, -0.25) is 0 Å². The zero-order chi connectivity index (χ0) is 14.8. The van der Waals surface area contributed by atoms with E-state index in [9.17, 15) is 0 Å². The summed E-state index contributed by atoms with van der Waals surface area (Å²) in [4.78, 5) is 9.49. The molecular weight excluding hydrogens is 264 g/mol. The molecular formula is C16H26N4O. The fourth-order valence-electron chi connectivity index (χ4n) is 3.02. The van der Waals surface area contributed by atoms with Gasteiger partial charge in [-0.1, -0.05) is 0 Å². The lowest BCUT2D eigenvalue weighted by Gasteiger charge is -2.18. The van der Waals surface area contributed by atoms with Gasteiger partial charge in [-0.05, 0) is 46.0 Å². The van der Waals surface area contributed by atoms with E-state index >= 15 is 0 Å². The van der Waals surface area contributed by atoms with Gasteiger partial charge in [0, 0.05) is 31.2 Å². The first-order valence-electron chi connectivity index (χ1n) is 8.13. The van der Waals surface area contributed by atoms with E-state index in [4.69, 9.17) is 14.7 Å². The first kappa shape index (κ1) is 14.6. The van der Waals surface area contributed by atoms with Gasteiger partial charge in [0.25, 0.3) is 0 Å². The smallest absolute Gasteiger partial charge is 0.136 e. The number of methoxy groups -OCH3 is 1. The number of hydrogen-bond acceptors (Lipinski definition) is 5. The van der Waals surface area contributed by atoms with Crippen LogP contribution in [0.25, 0.3) is 0 Å². The van der Waals surface area contributed by atoms with Crippen LogP contribution in [-0.2, 0) is 4.74 Å². The molecule has 2 saturated carbocycles.